The smallest absolute Gasteiger partial charge is 0.260 e. The summed E-state index contributed by atoms with van der Waals surface area (Å²) in [5.41, 5.74) is 0.384. The summed E-state index contributed by atoms with van der Waals surface area (Å²) in [5, 5.41) is 2.38. The van der Waals surface area contributed by atoms with Crippen molar-refractivity contribution in [2.24, 2.45) is 0 Å². The maximum Gasteiger partial charge on any atom is 0.260 e. The summed E-state index contributed by atoms with van der Waals surface area (Å²) in [6, 6.07) is 7.33. The highest BCUT2D eigenvalue weighted by atomic mass is 32.1. The lowest BCUT2D eigenvalue weighted by Crippen LogP contribution is -2.16. The molecule has 3 aromatic rings. The molecule has 0 atom stereocenters. The number of hydrogen-bond acceptors (Lipinski definition) is 4. The number of ether oxygens (including phenoxy) is 1. The van der Waals surface area contributed by atoms with Crippen molar-refractivity contribution in [3.63, 3.8) is 0 Å². The first kappa shape index (κ1) is 18.8. The van der Waals surface area contributed by atoms with E-state index in [9.17, 15) is 22.4 Å². The summed E-state index contributed by atoms with van der Waals surface area (Å²) in [4.78, 5) is 17.1. The van der Waals surface area contributed by atoms with Gasteiger partial charge in [-0.1, -0.05) is 0 Å². The van der Waals surface area contributed by atoms with Crippen LogP contribution >= 0.6 is 11.3 Å². The maximum atomic E-state index is 13.7. The molecule has 1 aromatic heterocycles. The van der Waals surface area contributed by atoms with Crippen LogP contribution in [-0.4, -0.2) is 18.0 Å². The molecule has 1 amide bonds. The SMILES string of the molecule is COc1ccc(-c2nc(NC(=O)c3cc(F)c(F)c(F)c3F)sc2C)cc1. The summed E-state index contributed by atoms with van der Waals surface area (Å²) in [7, 11) is 1.54. The van der Waals surface area contributed by atoms with E-state index in [0.717, 1.165) is 21.8 Å². The highest BCUT2D eigenvalue weighted by molar-refractivity contribution is 7.16. The molecule has 4 nitrogen and oxygen atoms in total. The zero-order valence-corrected chi connectivity index (χ0v) is 14.9. The molecular formula is C18H12F4N2O2S. The predicted octanol–water partition coefficient (Wildman–Crippen LogP) is 4.94. The first-order valence-electron chi connectivity index (χ1n) is 7.58. The Morgan fingerprint density at radius 3 is 2.37 bits per heavy atom. The number of nitrogens with zero attached hydrogens (tertiary/aromatic N) is 1. The highest BCUT2D eigenvalue weighted by Crippen LogP contribution is 2.31. The summed E-state index contributed by atoms with van der Waals surface area (Å²) in [5.74, 6) is -7.93. The molecule has 0 aliphatic rings. The Labute approximate surface area is 155 Å². The van der Waals surface area contributed by atoms with Crippen molar-refractivity contribution >= 4 is 22.4 Å². The number of halogens is 4. The van der Waals surface area contributed by atoms with Gasteiger partial charge >= 0.3 is 0 Å². The summed E-state index contributed by atoms with van der Waals surface area (Å²) in [6.07, 6.45) is 0. The normalized spacial score (nSPS) is 10.7. The second kappa shape index (κ2) is 7.36. The van der Waals surface area contributed by atoms with Crippen LogP contribution in [0.25, 0.3) is 11.3 Å². The van der Waals surface area contributed by atoms with Gasteiger partial charge in [-0.15, -0.1) is 11.3 Å². The van der Waals surface area contributed by atoms with Crippen LogP contribution in [0, 0.1) is 30.2 Å². The minimum absolute atomic E-state index is 0.104. The van der Waals surface area contributed by atoms with E-state index in [-0.39, 0.29) is 5.13 Å². The third-order valence-electron chi connectivity index (χ3n) is 3.73. The molecule has 0 bridgehead atoms. The number of amides is 1. The van der Waals surface area contributed by atoms with Crippen molar-refractivity contribution in [2.75, 3.05) is 12.4 Å². The molecule has 9 heteroatoms. The summed E-state index contributed by atoms with van der Waals surface area (Å²) >= 11 is 1.10. The number of nitrogens with one attached hydrogen (secondary N) is 1. The third kappa shape index (κ3) is 3.63. The highest BCUT2D eigenvalue weighted by Gasteiger charge is 2.24. The minimum atomic E-state index is -2.05. The number of benzene rings is 2. The van der Waals surface area contributed by atoms with Gasteiger partial charge in [0.2, 0.25) is 0 Å². The average molecular weight is 396 g/mol. The Kier molecular flexibility index (Phi) is 5.13. The van der Waals surface area contributed by atoms with E-state index in [1.165, 1.54) is 7.11 Å². The number of rotatable bonds is 4. The quantitative estimate of drug-likeness (QED) is 0.386. The number of carbonyl (C=O) groups excluding carboxylic acids is 1. The Hall–Kier alpha value is -2.94. The largest absolute Gasteiger partial charge is 0.497 e. The van der Waals surface area contributed by atoms with Gasteiger partial charge in [0, 0.05) is 10.4 Å². The number of thiazole rings is 1. The lowest BCUT2D eigenvalue weighted by atomic mass is 10.1. The Bertz CT molecular complexity index is 1020. The first-order chi connectivity index (χ1) is 12.8. The van der Waals surface area contributed by atoms with Gasteiger partial charge in [0.15, 0.2) is 28.4 Å². The molecule has 2 aromatic carbocycles. The van der Waals surface area contributed by atoms with Crippen molar-refractivity contribution in [3.05, 3.63) is 64.0 Å². The van der Waals surface area contributed by atoms with Crippen LogP contribution in [0.1, 0.15) is 15.2 Å². The Morgan fingerprint density at radius 2 is 1.74 bits per heavy atom. The van der Waals surface area contributed by atoms with Gasteiger partial charge in [0.25, 0.3) is 5.91 Å². The maximum absolute atomic E-state index is 13.7. The second-order valence-electron chi connectivity index (χ2n) is 5.45. The standard InChI is InChI=1S/C18H12F4N2O2S/c1-8-16(9-3-5-10(26-2)6-4-9)23-18(27-8)24-17(25)11-7-12(19)14(21)15(22)13(11)20/h3-7H,1-2H3,(H,23,24,25). The molecule has 1 N–H and O–H groups in total. The van der Waals surface area contributed by atoms with Crippen molar-refractivity contribution in [1.82, 2.24) is 4.98 Å². The monoisotopic (exact) mass is 396 g/mol. The van der Waals surface area contributed by atoms with Crippen molar-refractivity contribution < 1.29 is 27.1 Å². The molecule has 1 heterocycles. The zero-order valence-electron chi connectivity index (χ0n) is 14.1. The Balaban J connectivity index is 1.88. The van der Waals surface area contributed by atoms with Crippen LogP contribution in [0.2, 0.25) is 0 Å². The molecule has 0 saturated heterocycles. The van der Waals surface area contributed by atoms with E-state index in [4.69, 9.17) is 4.74 Å². The number of aryl methyl sites for hydroxylation is 1. The van der Waals surface area contributed by atoms with Crippen LogP contribution in [0.3, 0.4) is 0 Å². The van der Waals surface area contributed by atoms with E-state index in [1.807, 2.05) is 0 Å². The molecule has 27 heavy (non-hydrogen) atoms. The van der Waals surface area contributed by atoms with Crippen molar-refractivity contribution in [3.8, 4) is 17.0 Å². The van der Waals surface area contributed by atoms with Crippen molar-refractivity contribution in [1.29, 1.82) is 0 Å². The fraction of sp³-hybridized carbons (Fsp3) is 0.111. The van der Waals surface area contributed by atoms with Gasteiger partial charge in [-0.3, -0.25) is 10.1 Å². The molecule has 3 rings (SSSR count). The summed E-state index contributed by atoms with van der Waals surface area (Å²) < 4.78 is 58.4. The number of anilines is 1. The molecule has 0 aliphatic carbocycles. The van der Waals surface area contributed by atoms with Gasteiger partial charge in [-0.2, -0.15) is 0 Å². The summed E-state index contributed by atoms with van der Waals surface area (Å²) in [6.45, 7) is 1.77. The third-order valence-corrected chi connectivity index (χ3v) is 4.61. The van der Waals surface area contributed by atoms with Gasteiger partial charge in [-0.05, 0) is 37.3 Å². The number of carbonyl (C=O) groups is 1. The fourth-order valence-electron chi connectivity index (χ4n) is 2.37. The second-order valence-corrected chi connectivity index (χ2v) is 6.66. The van der Waals surface area contributed by atoms with E-state index >= 15 is 0 Å². The van der Waals surface area contributed by atoms with Crippen LogP contribution in [0.5, 0.6) is 5.75 Å². The minimum Gasteiger partial charge on any atom is -0.497 e. The average Bonchev–Trinajstić information content (AvgIpc) is 3.03. The molecule has 0 aliphatic heterocycles. The van der Waals surface area contributed by atoms with Gasteiger partial charge in [-0.25, -0.2) is 22.5 Å². The van der Waals surface area contributed by atoms with E-state index < -0.39 is 34.7 Å². The molecule has 0 radical (unpaired) electrons. The number of hydrogen-bond donors (Lipinski definition) is 1. The van der Waals surface area contributed by atoms with E-state index in [1.54, 1.807) is 31.2 Å². The molecular weight excluding hydrogens is 384 g/mol. The first-order valence-corrected chi connectivity index (χ1v) is 8.39. The van der Waals surface area contributed by atoms with Gasteiger partial charge in [0.1, 0.15) is 5.75 Å². The van der Waals surface area contributed by atoms with E-state index in [2.05, 4.69) is 10.3 Å². The topological polar surface area (TPSA) is 51.2 Å². The molecule has 0 saturated carbocycles. The fourth-order valence-corrected chi connectivity index (χ4v) is 3.20. The van der Waals surface area contributed by atoms with Crippen LogP contribution in [-0.2, 0) is 0 Å². The lowest BCUT2D eigenvalue weighted by Gasteiger charge is -2.05. The van der Waals surface area contributed by atoms with Crippen LogP contribution in [0.4, 0.5) is 22.7 Å². The molecule has 140 valence electrons. The lowest BCUT2D eigenvalue weighted by molar-refractivity contribution is 0.102. The predicted molar refractivity (Wildman–Crippen MR) is 93.1 cm³/mol. The molecule has 0 fully saturated rings. The number of methoxy groups -OCH3 is 1. The van der Waals surface area contributed by atoms with Gasteiger partial charge < -0.3 is 4.74 Å². The van der Waals surface area contributed by atoms with E-state index in [0.29, 0.717) is 17.5 Å². The van der Waals surface area contributed by atoms with Gasteiger partial charge in [0.05, 0.1) is 18.4 Å². The van der Waals surface area contributed by atoms with Crippen LogP contribution in [0.15, 0.2) is 30.3 Å². The molecule has 0 spiro atoms. The van der Waals surface area contributed by atoms with Crippen LogP contribution < -0.4 is 10.1 Å². The number of aromatic nitrogens is 1. The Morgan fingerprint density at radius 1 is 1.07 bits per heavy atom. The zero-order chi connectivity index (χ0) is 19.7. The molecule has 0 unspecified atom stereocenters. The van der Waals surface area contributed by atoms with Crippen molar-refractivity contribution in [2.45, 2.75) is 6.92 Å².